The molecule has 0 aliphatic heterocycles. The lowest BCUT2D eigenvalue weighted by Crippen LogP contribution is -2.30. The summed E-state index contributed by atoms with van der Waals surface area (Å²) in [5.41, 5.74) is 0. The number of hydrogen-bond acceptors (Lipinski definition) is 5. The first-order valence-corrected chi connectivity index (χ1v) is 25.0. The van der Waals surface area contributed by atoms with Gasteiger partial charge in [0.1, 0.15) is 6.61 Å². The van der Waals surface area contributed by atoms with E-state index in [1.807, 2.05) is 6.08 Å². The SMILES string of the molecule is CC/C=C\C/C=C\C/C=C\C/C=C\C/C=C\CCCCOCC(COC(=O)CCCCCC/C=C\C/C=C\C/C=C\C/C=C\CC)OC(=O)CC/C=C\C/C=C\C/C=C\C/C=C\CC. The second-order valence-electron chi connectivity index (χ2n) is 15.6. The van der Waals surface area contributed by atoms with Crippen LogP contribution in [-0.2, 0) is 23.8 Å². The second-order valence-corrected chi connectivity index (χ2v) is 15.6. The minimum atomic E-state index is -0.620. The van der Waals surface area contributed by atoms with Crippen LogP contribution in [0.1, 0.15) is 175 Å². The maximum Gasteiger partial charge on any atom is 0.306 e. The van der Waals surface area contributed by atoms with Crippen LogP contribution in [0.5, 0.6) is 0 Å². The number of ether oxygens (including phenoxy) is 3. The summed E-state index contributed by atoms with van der Waals surface area (Å²) in [6.07, 6.45) is 78.4. The van der Waals surface area contributed by atoms with Gasteiger partial charge in [-0.05, 0) is 128 Å². The molecule has 0 bridgehead atoms. The van der Waals surface area contributed by atoms with Gasteiger partial charge in [0.2, 0.25) is 0 Å². The van der Waals surface area contributed by atoms with Crippen LogP contribution in [0.4, 0.5) is 0 Å². The molecule has 0 fully saturated rings. The zero-order valence-corrected chi connectivity index (χ0v) is 40.7. The molecule has 0 aliphatic carbocycles. The highest BCUT2D eigenvalue weighted by Crippen LogP contribution is 2.09. The maximum absolute atomic E-state index is 12.7. The highest BCUT2D eigenvalue weighted by Gasteiger charge is 2.17. The standard InChI is InChI=1S/C59H90O5/c1-4-7-10-13-16-19-22-25-27-29-31-33-36-39-42-45-48-51-54-62-55-57(64-59(61)53-50-47-44-41-38-34-24-21-18-15-12-9-6-3)56-63-58(60)52-49-46-43-40-37-35-32-30-28-26-23-20-17-14-11-8-5-2/h7-12,16-21,25-28,31-35,38-39,42,44,47,57H,4-6,13-15,22-24,29-30,36-37,40-41,43,45-46,48-56H2,1-3H3/b10-7-,11-8-,12-9-,19-16-,20-17-,21-18-,27-25-,28-26-,33-31-,35-32-,38-34-,42-39-,47-44-. The van der Waals surface area contributed by atoms with Gasteiger partial charge in [-0.15, -0.1) is 0 Å². The quantitative estimate of drug-likeness (QED) is 0.0347. The summed E-state index contributed by atoms with van der Waals surface area (Å²) in [5.74, 6) is -0.560. The van der Waals surface area contributed by atoms with Gasteiger partial charge in [0.15, 0.2) is 6.10 Å². The number of hydrogen-bond donors (Lipinski definition) is 0. The van der Waals surface area contributed by atoms with Crippen molar-refractivity contribution >= 4 is 11.9 Å². The van der Waals surface area contributed by atoms with Crippen LogP contribution in [-0.4, -0.2) is 37.9 Å². The number of carbonyl (C=O) groups is 2. The average molecular weight is 879 g/mol. The van der Waals surface area contributed by atoms with Gasteiger partial charge in [-0.3, -0.25) is 9.59 Å². The molecular formula is C59H90O5. The Bertz CT molecular complexity index is 1460. The van der Waals surface area contributed by atoms with Gasteiger partial charge in [0.25, 0.3) is 0 Å². The van der Waals surface area contributed by atoms with Gasteiger partial charge < -0.3 is 14.2 Å². The van der Waals surface area contributed by atoms with Crippen LogP contribution in [0.2, 0.25) is 0 Å². The van der Waals surface area contributed by atoms with Gasteiger partial charge in [-0.25, -0.2) is 0 Å². The summed E-state index contributed by atoms with van der Waals surface area (Å²) in [7, 11) is 0. The number of unbranched alkanes of at least 4 members (excludes halogenated alkanes) is 6. The van der Waals surface area contributed by atoms with E-state index in [2.05, 4.69) is 173 Å². The van der Waals surface area contributed by atoms with Crippen molar-refractivity contribution in [2.24, 2.45) is 0 Å². The van der Waals surface area contributed by atoms with Crippen molar-refractivity contribution < 1.29 is 23.8 Å². The Labute approximate surface area is 393 Å². The molecule has 0 spiro atoms. The fourth-order valence-corrected chi connectivity index (χ4v) is 5.95. The molecule has 5 heteroatoms. The topological polar surface area (TPSA) is 61.8 Å². The number of rotatable bonds is 43. The molecule has 0 saturated heterocycles. The molecule has 5 nitrogen and oxygen atoms in total. The maximum atomic E-state index is 12.7. The lowest BCUT2D eigenvalue weighted by Gasteiger charge is -2.18. The van der Waals surface area contributed by atoms with Gasteiger partial charge in [0, 0.05) is 19.4 Å². The van der Waals surface area contributed by atoms with Gasteiger partial charge in [-0.1, -0.05) is 192 Å². The normalized spacial score (nSPS) is 13.6. The van der Waals surface area contributed by atoms with E-state index in [0.717, 1.165) is 135 Å². The Morgan fingerprint density at radius 2 is 0.688 bits per heavy atom. The molecule has 0 aromatic rings. The zero-order valence-electron chi connectivity index (χ0n) is 40.7. The minimum Gasteiger partial charge on any atom is -0.462 e. The predicted octanol–water partition coefficient (Wildman–Crippen LogP) is 17.1. The molecule has 0 aromatic heterocycles. The van der Waals surface area contributed by atoms with Crippen LogP contribution >= 0.6 is 0 Å². The predicted molar refractivity (Wildman–Crippen MR) is 278 cm³/mol. The van der Waals surface area contributed by atoms with Crippen molar-refractivity contribution in [2.75, 3.05) is 19.8 Å². The van der Waals surface area contributed by atoms with Gasteiger partial charge in [-0.2, -0.15) is 0 Å². The summed E-state index contributed by atoms with van der Waals surface area (Å²) < 4.78 is 17.2. The monoisotopic (exact) mass is 879 g/mol. The minimum absolute atomic E-state index is 0.0143. The number of esters is 2. The molecule has 0 saturated carbocycles. The highest BCUT2D eigenvalue weighted by atomic mass is 16.6. The van der Waals surface area contributed by atoms with E-state index in [4.69, 9.17) is 14.2 Å². The molecule has 1 unspecified atom stereocenters. The Kier molecular flexibility index (Phi) is 49.2. The first kappa shape index (κ1) is 59.5. The Hall–Kier alpha value is -4.48. The van der Waals surface area contributed by atoms with E-state index in [-0.39, 0.29) is 31.6 Å². The van der Waals surface area contributed by atoms with Crippen molar-refractivity contribution in [1.29, 1.82) is 0 Å². The van der Waals surface area contributed by atoms with Crippen LogP contribution in [0.3, 0.4) is 0 Å². The van der Waals surface area contributed by atoms with E-state index in [9.17, 15) is 9.59 Å². The molecule has 0 heterocycles. The second kappa shape index (κ2) is 52.9. The average Bonchev–Trinajstić information content (AvgIpc) is 3.30. The number of allylic oxidation sites excluding steroid dienone is 26. The molecule has 0 amide bonds. The molecule has 64 heavy (non-hydrogen) atoms. The molecule has 0 rings (SSSR count). The third kappa shape index (κ3) is 50.2. The molecule has 356 valence electrons. The molecule has 0 aromatic carbocycles. The van der Waals surface area contributed by atoms with Crippen LogP contribution in [0.25, 0.3) is 0 Å². The molecular weight excluding hydrogens is 789 g/mol. The lowest BCUT2D eigenvalue weighted by molar-refractivity contribution is -0.162. The van der Waals surface area contributed by atoms with Crippen molar-refractivity contribution in [3.63, 3.8) is 0 Å². The van der Waals surface area contributed by atoms with Gasteiger partial charge >= 0.3 is 11.9 Å². The largest absolute Gasteiger partial charge is 0.462 e. The molecule has 1 atom stereocenters. The van der Waals surface area contributed by atoms with Crippen molar-refractivity contribution in [3.8, 4) is 0 Å². The molecule has 0 radical (unpaired) electrons. The van der Waals surface area contributed by atoms with E-state index in [1.165, 1.54) is 0 Å². The van der Waals surface area contributed by atoms with Crippen molar-refractivity contribution in [3.05, 3.63) is 158 Å². The Morgan fingerprint density at radius 3 is 1.09 bits per heavy atom. The van der Waals surface area contributed by atoms with Crippen molar-refractivity contribution in [1.82, 2.24) is 0 Å². The van der Waals surface area contributed by atoms with Crippen LogP contribution in [0.15, 0.2) is 158 Å². The Morgan fingerprint density at radius 1 is 0.344 bits per heavy atom. The summed E-state index contributed by atoms with van der Waals surface area (Å²) in [6, 6.07) is 0. The third-order valence-electron chi connectivity index (χ3n) is 9.55. The first-order valence-electron chi connectivity index (χ1n) is 25.0. The van der Waals surface area contributed by atoms with E-state index < -0.39 is 6.10 Å². The smallest absolute Gasteiger partial charge is 0.306 e. The van der Waals surface area contributed by atoms with E-state index in [1.54, 1.807) is 0 Å². The number of carbonyl (C=O) groups excluding carboxylic acids is 2. The first-order chi connectivity index (χ1) is 31.6. The van der Waals surface area contributed by atoms with E-state index >= 15 is 0 Å². The van der Waals surface area contributed by atoms with Crippen LogP contribution < -0.4 is 0 Å². The summed E-state index contributed by atoms with van der Waals surface area (Å²) >= 11 is 0. The summed E-state index contributed by atoms with van der Waals surface area (Å²) in [5, 5.41) is 0. The highest BCUT2D eigenvalue weighted by molar-refractivity contribution is 5.70. The fourth-order valence-electron chi connectivity index (χ4n) is 5.95. The van der Waals surface area contributed by atoms with E-state index in [0.29, 0.717) is 19.4 Å². The van der Waals surface area contributed by atoms with Gasteiger partial charge in [0.05, 0.1) is 6.61 Å². The Balaban J connectivity index is 4.52. The molecule has 0 N–H and O–H groups in total. The third-order valence-corrected chi connectivity index (χ3v) is 9.55. The fraction of sp³-hybridized carbons (Fsp3) is 0.525. The lowest BCUT2D eigenvalue weighted by atomic mass is 10.1. The zero-order chi connectivity index (χ0) is 46.3. The summed E-state index contributed by atoms with van der Waals surface area (Å²) in [6.45, 7) is 7.24. The molecule has 0 aliphatic rings. The summed E-state index contributed by atoms with van der Waals surface area (Å²) in [4.78, 5) is 25.3. The van der Waals surface area contributed by atoms with Crippen molar-refractivity contribution in [2.45, 2.75) is 181 Å². The van der Waals surface area contributed by atoms with Crippen LogP contribution in [0, 0.1) is 0 Å².